The maximum atomic E-state index is 14.1. The Kier molecular flexibility index (Phi) is 7.54. The average Bonchev–Trinajstić information content (AvgIpc) is 3.21. The van der Waals surface area contributed by atoms with Crippen molar-refractivity contribution in [1.82, 2.24) is 14.8 Å². The molecule has 0 N–H and O–H groups in total. The van der Waals surface area contributed by atoms with E-state index in [-0.39, 0.29) is 43.9 Å². The van der Waals surface area contributed by atoms with Crippen molar-refractivity contribution < 1.29 is 23.5 Å². The van der Waals surface area contributed by atoms with Gasteiger partial charge in [-0.05, 0) is 30.7 Å². The van der Waals surface area contributed by atoms with Gasteiger partial charge in [-0.25, -0.2) is 9.37 Å². The largest absolute Gasteiger partial charge is 0.497 e. The highest BCUT2D eigenvalue weighted by atomic mass is 32.1. The van der Waals surface area contributed by atoms with Gasteiger partial charge < -0.3 is 19.3 Å². The molecule has 0 unspecified atom stereocenters. The molecule has 4 rings (SSSR count). The fourth-order valence-electron chi connectivity index (χ4n) is 3.79. The predicted octanol–water partition coefficient (Wildman–Crippen LogP) is 3.67. The molecule has 178 valence electrons. The van der Waals surface area contributed by atoms with Crippen LogP contribution in [0.1, 0.15) is 26.6 Å². The van der Waals surface area contributed by atoms with Crippen LogP contribution < -0.4 is 4.74 Å². The van der Waals surface area contributed by atoms with Crippen LogP contribution >= 0.6 is 11.3 Å². The highest BCUT2D eigenvalue weighted by Crippen LogP contribution is 2.19. The molecule has 1 fully saturated rings. The quantitative estimate of drug-likeness (QED) is 0.513. The second-order valence-electron chi connectivity index (χ2n) is 8.08. The van der Waals surface area contributed by atoms with Gasteiger partial charge in [0.05, 0.1) is 24.8 Å². The first-order chi connectivity index (χ1) is 16.4. The highest BCUT2D eigenvalue weighted by molar-refractivity contribution is 7.09. The number of thiazole rings is 1. The molecule has 0 radical (unpaired) electrons. The van der Waals surface area contributed by atoms with E-state index >= 15 is 0 Å². The van der Waals surface area contributed by atoms with Gasteiger partial charge in [0.15, 0.2) is 0 Å². The van der Waals surface area contributed by atoms with Gasteiger partial charge in [-0.1, -0.05) is 30.3 Å². The number of aryl methyl sites for hydroxylation is 1. The van der Waals surface area contributed by atoms with E-state index in [1.165, 1.54) is 22.3 Å². The monoisotopic (exact) mass is 483 g/mol. The molecule has 1 saturated heterocycles. The lowest BCUT2D eigenvalue weighted by Crippen LogP contribution is -2.39. The molecule has 0 bridgehead atoms. The Morgan fingerprint density at radius 2 is 1.94 bits per heavy atom. The van der Waals surface area contributed by atoms with Crippen molar-refractivity contribution in [1.29, 1.82) is 0 Å². The Labute approximate surface area is 201 Å². The van der Waals surface area contributed by atoms with E-state index in [9.17, 15) is 14.0 Å². The van der Waals surface area contributed by atoms with Gasteiger partial charge in [-0.2, -0.15) is 0 Å². The number of hydrogen-bond donors (Lipinski definition) is 0. The topological polar surface area (TPSA) is 72.0 Å². The lowest BCUT2D eigenvalue weighted by Gasteiger charge is -2.25. The zero-order valence-corrected chi connectivity index (χ0v) is 19.9. The number of carbonyl (C=O) groups is 2. The van der Waals surface area contributed by atoms with Crippen molar-refractivity contribution in [3.05, 3.63) is 81.6 Å². The summed E-state index contributed by atoms with van der Waals surface area (Å²) in [6.45, 7) is 2.63. The molecule has 1 aromatic heterocycles. The van der Waals surface area contributed by atoms with E-state index < -0.39 is 6.10 Å². The van der Waals surface area contributed by atoms with Crippen LogP contribution in [0.15, 0.2) is 53.9 Å². The van der Waals surface area contributed by atoms with Crippen molar-refractivity contribution in [3.63, 3.8) is 0 Å². The van der Waals surface area contributed by atoms with Crippen LogP contribution in [0.3, 0.4) is 0 Å². The van der Waals surface area contributed by atoms with E-state index in [1.54, 1.807) is 35.6 Å². The molecular weight excluding hydrogens is 457 g/mol. The number of carbonyl (C=O) groups excluding carboxylic acids is 2. The van der Waals surface area contributed by atoms with Gasteiger partial charge in [0.1, 0.15) is 23.8 Å². The fourth-order valence-corrected chi connectivity index (χ4v) is 4.38. The first kappa shape index (κ1) is 23.8. The average molecular weight is 484 g/mol. The minimum Gasteiger partial charge on any atom is -0.497 e. The first-order valence-corrected chi connectivity index (χ1v) is 11.8. The SMILES string of the molecule is COc1ccc(CN2C[C@H](OCc3ccccc3F)CN(C(=O)c3csc(C)n3)CC2=O)cc1. The normalized spacial score (nSPS) is 16.4. The molecular formula is C25H26FN3O4S. The van der Waals surface area contributed by atoms with Gasteiger partial charge in [0.2, 0.25) is 5.91 Å². The number of rotatable bonds is 7. The lowest BCUT2D eigenvalue weighted by atomic mass is 10.2. The first-order valence-electron chi connectivity index (χ1n) is 10.9. The molecule has 0 spiro atoms. The summed E-state index contributed by atoms with van der Waals surface area (Å²) in [7, 11) is 1.60. The smallest absolute Gasteiger partial charge is 0.273 e. The third-order valence-corrected chi connectivity index (χ3v) is 6.39. The van der Waals surface area contributed by atoms with Gasteiger partial charge in [0, 0.05) is 30.6 Å². The third kappa shape index (κ3) is 5.78. The number of halogens is 1. The summed E-state index contributed by atoms with van der Waals surface area (Å²) < 4.78 is 25.4. The molecule has 34 heavy (non-hydrogen) atoms. The van der Waals surface area contributed by atoms with Crippen molar-refractivity contribution in [2.24, 2.45) is 0 Å². The minimum absolute atomic E-state index is 0.0414. The van der Waals surface area contributed by atoms with Crippen molar-refractivity contribution in [2.45, 2.75) is 26.2 Å². The highest BCUT2D eigenvalue weighted by Gasteiger charge is 2.32. The van der Waals surface area contributed by atoms with Gasteiger partial charge in [-0.3, -0.25) is 9.59 Å². The minimum atomic E-state index is -0.493. The maximum Gasteiger partial charge on any atom is 0.273 e. The fraction of sp³-hybridized carbons (Fsp3) is 0.320. The molecule has 1 aliphatic heterocycles. The van der Waals surface area contributed by atoms with Gasteiger partial charge in [-0.15, -0.1) is 11.3 Å². The van der Waals surface area contributed by atoms with Crippen LogP contribution in [0.2, 0.25) is 0 Å². The molecule has 2 aromatic carbocycles. The number of aromatic nitrogens is 1. The number of methoxy groups -OCH3 is 1. The van der Waals surface area contributed by atoms with Crippen LogP contribution in [0.5, 0.6) is 5.75 Å². The predicted molar refractivity (Wildman–Crippen MR) is 126 cm³/mol. The summed E-state index contributed by atoms with van der Waals surface area (Å²) in [6.07, 6.45) is -0.493. The second kappa shape index (κ2) is 10.8. The van der Waals surface area contributed by atoms with Gasteiger partial charge >= 0.3 is 0 Å². The number of benzene rings is 2. The van der Waals surface area contributed by atoms with Crippen LogP contribution in [0.4, 0.5) is 4.39 Å². The molecule has 3 aromatic rings. The van der Waals surface area contributed by atoms with Crippen LogP contribution in [0, 0.1) is 12.7 Å². The van der Waals surface area contributed by atoms with E-state index in [0.717, 1.165) is 16.3 Å². The van der Waals surface area contributed by atoms with E-state index in [1.807, 2.05) is 31.2 Å². The lowest BCUT2D eigenvalue weighted by molar-refractivity contribution is -0.132. The number of amides is 2. The molecule has 1 aliphatic rings. The Balaban J connectivity index is 1.53. The van der Waals surface area contributed by atoms with Crippen molar-refractivity contribution in [3.8, 4) is 5.75 Å². The summed E-state index contributed by atoms with van der Waals surface area (Å²) in [5.41, 5.74) is 1.66. The zero-order valence-electron chi connectivity index (χ0n) is 19.1. The summed E-state index contributed by atoms with van der Waals surface area (Å²) in [5, 5.41) is 2.47. The van der Waals surface area contributed by atoms with Crippen molar-refractivity contribution >= 4 is 23.2 Å². The van der Waals surface area contributed by atoms with E-state index in [0.29, 0.717) is 17.8 Å². The molecule has 7 nitrogen and oxygen atoms in total. The Hall–Kier alpha value is -3.30. The summed E-state index contributed by atoms with van der Waals surface area (Å²) in [4.78, 5) is 33.6. The Morgan fingerprint density at radius 1 is 1.18 bits per heavy atom. The summed E-state index contributed by atoms with van der Waals surface area (Å²) in [6, 6.07) is 13.9. The standard InChI is InChI=1S/C25H26FN3O4S/c1-17-27-23(16-34-17)25(31)29-13-21(33-15-19-5-3-4-6-22(19)26)12-28(24(30)14-29)11-18-7-9-20(32-2)10-8-18/h3-10,16,21H,11-15H2,1-2H3/t21-/m0/s1. The number of ether oxygens (including phenoxy) is 2. The molecule has 1 atom stereocenters. The van der Waals surface area contributed by atoms with Crippen molar-refractivity contribution in [2.75, 3.05) is 26.7 Å². The molecule has 2 amide bonds. The van der Waals surface area contributed by atoms with E-state index in [4.69, 9.17) is 9.47 Å². The molecule has 9 heteroatoms. The molecule has 0 saturated carbocycles. The van der Waals surface area contributed by atoms with E-state index in [2.05, 4.69) is 4.98 Å². The number of nitrogens with zero attached hydrogens (tertiary/aromatic N) is 3. The Bertz CT molecular complexity index is 1150. The molecule has 0 aliphatic carbocycles. The zero-order chi connectivity index (χ0) is 24.1. The maximum absolute atomic E-state index is 14.1. The summed E-state index contributed by atoms with van der Waals surface area (Å²) in [5.74, 6) is -0.128. The van der Waals surface area contributed by atoms with Crippen LogP contribution in [-0.4, -0.2) is 59.4 Å². The van der Waals surface area contributed by atoms with Crippen LogP contribution in [0.25, 0.3) is 0 Å². The third-order valence-electron chi connectivity index (χ3n) is 5.62. The Morgan fingerprint density at radius 3 is 2.62 bits per heavy atom. The summed E-state index contributed by atoms with van der Waals surface area (Å²) >= 11 is 1.38. The number of hydrogen-bond acceptors (Lipinski definition) is 6. The van der Waals surface area contributed by atoms with Gasteiger partial charge in [0.25, 0.3) is 5.91 Å². The second-order valence-corrected chi connectivity index (χ2v) is 9.15. The van der Waals surface area contributed by atoms with Crippen LogP contribution in [-0.2, 0) is 22.7 Å². The molecule has 2 heterocycles.